The first-order valence-corrected chi connectivity index (χ1v) is 10.7. The van der Waals surface area contributed by atoms with Gasteiger partial charge in [-0.3, -0.25) is 0 Å². The Kier molecular flexibility index (Phi) is 5.42. The fourth-order valence-electron chi connectivity index (χ4n) is 3.56. The van der Waals surface area contributed by atoms with Crippen LogP contribution in [-0.2, 0) is 9.94 Å². The third-order valence-corrected chi connectivity index (χ3v) is 5.60. The highest BCUT2D eigenvalue weighted by atomic mass is 35.9. The molecule has 2 aromatic carbocycles. The van der Waals surface area contributed by atoms with Crippen LogP contribution in [0.4, 0.5) is 0 Å². The standard InChI is InChI=1S/C18H19Cl2OP/c19-22(20)21-17-11-13-18(14-12-17,15-7-3-1-4-8-15)16-9-5-2-6-10-16/h1-10,17H,11-14H2. The second-order valence-corrected chi connectivity index (χ2v) is 8.80. The first-order chi connectivity index (χ1) is 10.7. The first kappa shape index (κ1) is 16.3. The molecule has 3 rings (SSSR count). The Balaban J connectivity index is 1.90. The van der Waals surface area contributed by atoms with Crippen molar-refractivity contribution in [2.24, 2.45) is 0 Å². The molecular formula is C18H19Cl2OP. The van der Waals surface area contributed by atoms with Crippen LogP contribution in [0.15, 0.2) is 60.7 Å². The zero-order valence-electron chi connectivity index (χ0n) is 12.3. The topological polar surface area (TPSA) is 9.23 Å². The minimum atomic E-state index is -1.32. The van der Waals surface area contributed by atoms with Crippen LogP contribution in [0.3, 0.4) is 0 Å². The maximum atomic E-state index is 5.82. The van der Waals surface area contributed by atoms with Crippen LogP contribution in [0.5, 0.6) is 0 Å². The summed E-state index contributed by atoms with van der Waals surface area (Å²) in [5.41, 5.74) is 2.85. The van der Waals surface area contributed by atoms with Gasteiger partial charge in [0.15, 0.2) is 0 Å². The summed E-state index contributed by atoms with van der Waals surface area (Å²) in [5.74, 6) is 0. The highest BCUT2D eigenvalue weighted by molar-refractivity contribution is 8.00. The lowest BCUT2D eigenvalue weighted by molar-refractivity contribution is 0.147. The fraction of sp³-hybridized carbons (Fsp3) is 0.333. The van der Waals surface area contributed by atoms with Gasteiger partial charge in [-0.25, -0.2) is 0 Å². The summed E-state index contributed by atoms with van der Waals surface area (Å²) in [6.45, 7) is -1.32. The molecule has 0 atom stereocenters. The van der Waals surface area contributed by atoms with E-state index in [1.807, 2.05) is 0 Å². The molecule has 0 aliphatic heterocycles. The molecule has 2 aromatic rings. The highest BCUT2D eigenvalue weighted by Gasteiger charge is 2.38. The Morgan fingerprint density at radius 3 is 1.68 bits per heavy atom. The average Bonchev–Trinajstić information content (AvgIpc) is 2.57. The Bertz CT molecular complexity index is 539. The molecule has 0 unspecified atom stereocenters. The normalized spacial score (nSPS) is 18.5. The Labute approximate surface area is 143 Å². The van der Waals surface area contributed by atoms with E-state index in [4.69, 9.17) is 27.0 Å². The van der Waals surface area contributed by atoms with E-state index >= 15 is 0 Å². The maximum Gasteiger partial charge on any atom is 0.225 e. The van der Waals surface area contributed by atoms with Crippen molar-refractivity contribution in [2.75, 3.05) is 0 Å². The lowest BCUT2D eigenvalue weighted by atomic mass is 9.65. The molecule has 4 heteroatoms. The van der Waals surface area contributed by atoms with Gasteiger partial charge in [-0.1, -0.05) is 60.7 Å². The molecular weight excluding hydrogens is 334 g/mol. The molecule has 1 fully saturated rings. The third kappa shape index (κ3) is 3.49. The van der Waals surface area contributed by atoms with Crippen LogP contribution in [0.1, 0.15) is 36.8 Å². The lowest BCUT2D eigenvalue weighted by Crippen LogP contribution is -2.35. The van der Waals surface area contributed by atoms with E-state index in [0.717, 1.165) is 25.7 Å². The van der Waals surface area contributed by atoms with Crippen LogP contribution in [-0.4, -0.2) is 6.10 Å². The van der Waals surface area contributed by atoms with E-state index in [1.54, 1.807) is 0 Å². The molecule has 1 aliphatic carbocycles. The smallest absolute Gasteiger partial charge is 0.225 e. The van der Waals surface area contributed by atoms with Gasteiger partial charge in [0.1, 0.15) is 0 Å². The Morgan fingerprint density at radius 2 is 1.27 bits per heavy atom. The maximum absolute atomic E-state index is 5.82. The number of benzene rings is 2. The minimum absolute atomic E-state index is 0.0732. The molecule has 0 spiro atoms. The molecule has 0 heterocycles. The summed E-state index contributed by atoms with van der Waals surface area (Å²) in [6.07, 6.45) is 4.27. The van der Waals surface area contributed by atoms with Crippen LogP contribution >= 0.6 is 29.3 Å². The van der Waals surface area contributed by atoms with Crippen molar-refractivity contribution >= 4 is 29.3 Å². The van der Waals surface area contributed by atoms with E-state index < -0.39 is 6.85 Å². The van der Waals surface area contributed by atoms with Gasteiger partial charge < -0.3 is 4.52 Å². The average molecular weight is 353 g/mol. The lowest BCUT2D eigenvalue weighted by Gasteiger charge is -2.41. The first-order valence-electron chi connectivity index (χ1n) is 7.60. The van der Waals surface area contributed by atoms with Gasteiger partial charge in [0.25, 0.3) is 0 Å². The monoisotopic (exact) mass is 352 g/mol. The van der Waals surface area contributed by atoms with E-state index in [-0.39, 0.29) is 11.5 Å². The number of hydrogen-bond donors (Lipinski definition) is 0. The van der Waals surface area contributed by atoms with E-state index in [2.05, 4.69) is 60.7 Å². The summed E-state index contributed by atoms with van der Waals surface area (Å²) < 4.78 is 5.65. The molecule has 1 nitrogen and oxygen atoms in total. The zero-order valence-corrected chi connectivity index (χ0v) is 14.7. The molecule has 1 aliphatic rings. The predicted octanol–water partition coefficient (Wildman–Crippen LogP) is 6.64. The van der Waals surface area contributed by atoms with E-state index in [1.165, 1.54) is 11.1 Å². The van der Waals surface area contributed by atoms with Crippen molar-refractivity contribution in [1.29, 1.82) is 0 Å². The van der Waals surface area contributed by atoms with Crippen molar-refractivity contribution in [1.82, 2.24) is 0 Å². The van der Waals surface area contributed by atoms with Gasteiger partial charge in [0, 0.05) is 5.41 Å². The molecule has 0 bridgehead atoms. The fourth-order valence-corrected chi connectivity index (χ4v) is 4.67. The summed E-state index contributed by atoms with van der Waals surface area (Å²) in [7, 11) is 0. The van der Waals surface area contributed by atoms with Crippen molar-refractivity contribution in [3.05, 3.63) is 71.8 Å². The Hall–Kier alpha value is -0.590. The molecule has 22 heavy (non-hydrogen) atoms. The van der Waals surface area contributed by atoms with Crippen LogP contribution < -0.4 is 0 Å². The highest BCUT2D eigenvalue weighted by Crippen LogP contribution is 2.53. The van der Waals surface area contributed by atoms with Crippen LogP contribution in [0.2, 0.25) is 0 Å². The summed E-state index contributed by atoms with van der Waals surface area (Å²) in [6, 6.07) is 21.6. The van der Waals surface area contributed by atoms with Crippen molar-refractivity contribution in [3.8, 4) is 0 Å². The molecule has 0 N–H and O–H groups in total. The van der Waals surface area contributed by atoms with Crippen LogP contribution in [0, 0.1) is 0 Å². The summed E-state index contributed by atoms with van der Waals surface area (Å²) in [5, 5.41) is 0. The largest absolute Gasteiger partial charge is 0.328 e. The van der Waals surface area contributed by atoms with Crippen LogP contribution in [0.25, 0.3) is 0 Å². The minimum Gasteiger partial charge on any atom is -0.328 e. The van der Waals surface area contributed by atoms with Gasteiger partial charge >= 0.3 is 0 Å². The van der Waals surface area contributed by atoms with Crippen molar-refractivity contribution < 1.29 is 4.52 Å². The van der Waals surface area contributed by atoms with E-state index in [9.17, 15) is 0 Å². The molecule has 0 saturated heterocycles. The second-order valence-electron chi connectivity index (χ2n) is 5.82. The zero-order chi connectivity index (χ0) is 15.4. The molecule has 0 amide bonds. The van der Waals surface area contributed by atoms with Gasteiger partial charge in [0.2, 0.25) is 6.85 Å². The number of rotatable bonds is 4. The summed E-state index contributed by atoms with van der Waals surface area (Å²) >= 11 is 11.6. The molecule has 0 radical (unpaired) electrons. The van der Waals surface area contributed by atoms with Crippen molar-refractivity contribution in [2.45, 2.75) is 37.2 Å². The molecule has 0 aromatic heterocycles. The molecule has 1 saturated carbocycles. The van der Waals surface area contributed by atoms with Gasteiger partial charge in [-0.05, 0) is 59.3 Å². The number of hydrogen-bond acceptors (Lipinski definition) is 1. The van der Waals surface area contributed by atoms with E-state index in [0.29, 0.717) is 0 Å². The van der Waals surface area contributed by atoms with Gasteiger partial charge in [-0.15, -0.1) is 0 Å². The van der Waals surface area contributed by atoms with Gasteiger partial charge in [0.05, 0.1) is 6.10 Å². The number of halogens is 2. The van der Waals surface area contributed by atoms with Gasteiger partial charge in [-0.2, -0.15) is 0 Å². The third-order valence-electron chi connectivity index (χ3n) is 4.67. The predicted molar refractivity (Wildman–Crippen MR) is 95.6 cm³/mol. The summed E-state index contributed by atoms with van der Waals surface area (Å²) in [4.78, 5) is 0. The SMILES string of the molecule is ClP(Cl)OC1CCC(c2ccccc2)(c2ccccc2)CC1. The quantitative estimate of drug-likeness (QED) is 0.560. The Morgan fingerprint density at radius 1 is 0.818 bits per heavy atom. The molecule has 116 valence electrons. The second kappa shape index (κ2) is 7.32. The van der Waals surface area contributed by atoms with Crippen molar-refractivity contribution in [3.63, 3.8) is 0 Å².